The second-order valence-corrected chi connectivity index (χ2v) is 6.72. The highest BCUT2D eigenvalue weighted by Gasteiger charge is 2.52. The zero-order valence-corrected chi connectivity index (χ0v) is 13.8. The lowest BCUT2D eigenvalue weighted by molar-refractivity contribution is -0.115. The number of rotatable bonds is 6. The first-order chi connectivity index (χ1) is 11.0. The Balaban J connectivity index is 1.72. The van der Waals surface area contributed by atoms with Crippen molar-refractivity contribution in [3.05, 3.63) is 64.9 Å². The lowest BCUT2D eigenvalue weighted by Gasteiger charge is -2.17. The van der Waals surface area contributed by atoms with Crippen LogP contribution in [0.3, 0.4) is 0 Å². The summed E-state index contributed by atoms with van der Waals surface area (Å²) in [5.41, 5.74) is 1.81. The van der Waals surface area contributed by atoms with Crippen molar-refractivity contribution in [3.8, 4) is 0 Å². The maximum Gasteiger partial charge on any atom is 0.186 e. The highest BCUT2D eigenvalue weighted by atomic mass is 35.5. The number of Topliss-reactive ketones (excluding diaryl/α,β-unsaturated/α-hetero) is 1. The van der Waals surface area contributed by atoms with E-state index >= 15 is 0 Å². The van der Waals surface area contributed by atoms with Crippen molar-refractivity contribution >= 4 is 23.1 Å². The van der Waals surface area contributed by atoms with Crippen LogP contribution in [0, 0.1) is 5.41 Å². The maximum atomic E-state index is 12.8. The molecule has 0 saturated heterocycles. The first kappa shape index (κ1) is 15.9. The van der Waals surface area contributed by atoms with Gasteiger partial charge in [-0.05, 0) is 60.6 Å². The van der Waals surface area contributed by atoms with E-state index in [1.54, 1.807) is 12.4 Å². The van der Waals surface area contributed by atoms with E-state index in [4.69, 9.17) is 17.0 Å². The van der Waals surface area contributed by atoms with E-state index in [-0.39, 0.29) is 17.4 Å². The average Bonchev–Trinajstić information content (AvgIpc) is 3.37. The van der Waals surface area contributed by atoms with Crippen molar-refractivity contribution in [2.75, 3.05) is 0 Å². The van der Waals surface area contributed by atoms with Crippen molar-refractivity contribution in [3.63, 3.8) is 0 Å². The van der Waals surface area contributed by atoms with Gasteiger partial charge < -0.3 is 5.41 Å². The number of hydrogen-bond acceptors (Lipinski definition) is 3. The number of aromatic nitrogens is 1. The Bertz CT molecular complexity index is 721. The summed E-state index contributed by atoms with van der Waals surface area (Å²) in [4.78, 5) is 16.8. The Morgan fingerprint density at radius 3 is 2.39 bits per heavy atom. The van der Waals surface area contributed by atoms with Gasteiger partial charge in [0, 0.05) is 17.4 Å². The quantitative estimate of drug-likeness (QED) is 0.792. The summed E-state index contributed by atoms with van der Waals surface area (Å²) in [7, 11) is 0. The maximum absolute atomic E-state index is 12.8. The van der Waals surface area contributed by atoms with Gasteiger partial charge in [-0.25, -0.2) is 0 Å². The summed E-state index contributed by atoms with van der Waals surface area (Å²) in [5, 5.41) is 8.94. The molecule has 0 unspecified atom stereocenters. The SMILES string of the molecule is C[C@@H](CC(=N)C(=O)C1(c2ccc(Cl)cc2)CC1)c1ccncc1. The van der Waals surface area contributed by atoms with Crippen LogP contribution in [0.5, 0.6) is 0 Å². The zero-order valence-electron chi connectivity index (χ0n) is 13.1. The van der Waals surface area contributed by atoms with E-state index in [2.05, 4.69) is 4.98 Å². The van der Waals surface area contributed by atoms with Gasteiger partial charge in [0.25, 0.3) is 0 Å². The number of halogens is 1. The standard InChI is InChI=1S/C19H19ClN2O/c1-13(14-6-10-22-11-7-14)12-17(21)18(23)19(8-9-19)15-2-4-16(20)5-3-15/h2-7,10-11,13,21H,8-9,12H2,1H3/t13-/m0/s1. The highest BCUT2D eigenvalue weighted by Crippen LogP contribution is 2.49. The minimum absolute atomic E-state index is 0.0410. The molecule has 2 aromatic rings. The molecule has 1 aliphatic carbocycles. The number of carbonyl (C=O) groups excluding carboxylic acids is 1. The lowest BCUT2D eigenvalue weighted by atomic mass is 9.85. The minimum Gasteiger partial charge on any atom is -0.302 e. The molecule has 4 heteroatoms. The Morgan fingerprint density at radius 2 is 1.83 bits per heavy atom. The van der Waals surface area contributed by atoms with Gasteiger partial charge >= 0.3 is 0 Å². The van der Waals surface area contributed by atoms with Gasteiger partial charge in [-0.15, -0.1) is 0 Å². The van der Waals surface area contributed by atoms with E-state index in [0.717, 1.165) is 24.0 Å². The fourth-order valence-electron chi connectivity index (χ4n) is 3.04. The van der Waals surface area contributed by atoms with Crippen molar-refractivity contribution in [2.45, 2.75) is 37.5 Å². The number of carbonyl (C=O) groups is 1. The fraction of sp³-hybridized carbons (Fsp3) is 0.316. The predicted molar refractivity (Wildman–Crippen MR) is 92.4 cm³/mol. The first-order valence-electron chi connectivity index (χ1n) is 7.81. The van der Waals surface area contributed by atoms with Gasteiger partial charge in [0.15, 0.2) is 5.78 Å². The normalized spacial score (nSPS) is 16.6. The second kappa shape index (κ2) is 6.25. The molecule has 0 radical (unpaired) electrons. The molecule has 1 aliphatic rings. The summed E-state index contributed by atoms with van der Waals surface area (Å²) in [6.45, 7) is 2.04. The summed E-state index contributed by atoms with van der Waals surface area (Å²) < 4.78 is 0. The molecule has 0 bridgehead atoms. The number of nitrogens with one attached hydrogen (secondary N) is 1. The molecule has 0 amide bonds. The van der Waals surface area contributed by atoms with Gasteiger partial charge in [0.2, 0.25) is 0 Å². The molecule has 1 saturated carbocycles. The fourth-order valence-corrected chi connectivity index (χ4v) is 3.16. The van der Waals surface area contributed by atoms with Crippen LogP contribution in [-0.4, -0.2) is 16.5 Å². The lowest BCUT2D eigenvalue weighted by Crippen LogP contribution is -2.29. The third kappa shape index (κ3) is 3.20. The van der Waals surface area contributed by atoms with Gasteiger partial charge in [0.1, 0.15) is 0 Å². The van der Waals surface area contributed by atoms with E-state index in [9.17, 15) is 4.79 Å². The third-order valence-corrected chi connectivity index (χ3v) is 4.89. The highest BCUT2D eigenvalue weighted by molar-refractivity contribution is 6.42. The Kier molecular flexibility index (Phi) is 4.31. The van der Waals surface area contributed by atoms with E-state index in [1.165, 1.54) is 0 Å². The average molecular weight is 327 g/mol. The molecule has 1 aromatic carbocycles. The third-order valence-electron chi connectivity index (χ3n) is 4.64. The van der Waals surface area contributed by atoms with Crippen LogP contribution in [0.4, 0.5) is 0 Å². The van der Waals surface area contributed by atoms with Crippen molar-refractivity contribution in [2.24, 2.45) is 0 Å². The molecule has 118 valence electrons. The molecule has 1 atom stereocenters. The number of pyridine rings is 1. The van der Waals surface area contributed by atoms with Gasteiger partial charge in [0.05, 0.1) is 11.1 Å². The minimum atomic E-state index is -0.486. The van der Waals surface area contributed by atoms with E-state index in [0.29, 0.717) is 11.4 Å². The van der Waals surface area contributed by atoms with Crippen LogP contribution >= 0.6 is 11.6 Å². The summed E-state index contributed by atoms with van der Waals surface area (Å²) in [6.07, 6.45) is 5.58. The number of benzene rings is 1. The topological polar surface area (TPSA) is 53.8 Å². The Hall–Kier alpha value is -2.00. The molecule has 0 spiro atoms. The van der Waals surface area contributed by atoms with Crippen molar-refractivity contribution < 1.29 is 4.79 Å². The molecule has 1 fully saturated rings. The van der Waals surface area contributed by atoms with Crippen LogP contribution in [0.15, 0.2) is 48.8 Å². The molecule has 1 aromatic heterocycles. The van der Waals surface area contributed by atoms with Crippen LogP contribution in [0.1, 0.15) is 43.2 Å². The van der Waals surface area contributed by atoms with Crippen LogP contribution in [-0.2, 0) is 10.2 Å². The molecule has 3 rings (SSSR count). The van der Waals surface area contributed by atoms with Crippen LogP contribution in [0.2, 0.25) is 5.02 Å². The van der Waals surface area contributed by atoms with Crippen molar-refractivity contribution in [1.29, 1.82) is 5.41 Å². The number of ketones is 1. The number of nitrogens with zero attached hydrogens (tertiary/aromatic N) is 1. The molecule has 3 nitrogen and oxygen atoms in total. The first-order valence-corrected chi connectivity index (χ1v) is 8.19. The number of hydrogen-bond donors (Lipinski definition) is 1. The van der Waals surface area contributed by atoms with Crippen molar-refractivity contribution in [1.82, 2.24) is 4.98 Å². The van der Waals surface area contributed by atoms with Gasteiger partial charge in [-0.3, -0.25) is 9.78 Å². The summed E-state index contributed by atoms with van der Waals surface area (Å²) in [6, 6.07) is 11.3. The molecular formula is C19H19ClN2O. The van der Waals surface area contributed by atoms with Gasteiger partial charge in [-0.1, -0.05) is 30.7 Å². The van der Waals surface area contributed by atoms with E-state index in [1.807, 2.05) is 43.3 Å². The van der Waals surface area contributed by atoms with Gasteiger partial charge in [-0.2, -0.15) is 0 Å². The van der Waals surface area contributed by atoms with E-state index < -0.39 is 5.41 Å². The summed E-state index contributed by atoms with van der Waals surface area (Å²) >= 11 is 5.93. The monoisotopic (exact) mass is 326 g/mol. The Labute approximate surface area is 141 Å². The zero-order chi connectivity index (χ0) is 16.4. The van der Waals surface area contributed by atoms with Crippen LogP contribution in [0.25, 0.3) is 0 Å². The predicted octanol–water partition coefficient (Wildman–Crippen LogP) is 4.55. The summed E-state index contributed by atoms with van der Waals surface area (Å²) in [5.74, 6) is 0.0937. The Morgan fingerprint density at radius 1 is 1.22 bits per heavy atom. The molecule has 1 N–H and O–H groups in total. The smallest absolute Gasteiger partial charge is 0.186 e. The molecule has 23 heavy (non-hydrogen) atoms. The molecule has 1 heterocycles. The largest absolute Gasteiger partial charge is 0.302 e. The van der Waals surface area contributed by atoms with Crippen LogP contribution < -0.4 is 0 Å². The molecular weight excluding hydrogens is 308 g/mol. The second-order valence-electron chi connectivity index (χ2n) is 6.28. The molecule has 0 aliphatic heterocycles.